The standard InChI is InChI=1S/C18H27N3/c1-14-12-19-16(15-6-3-2-4-7-15)13-21(14)18-9-11-20-10-5-8-17(18)20/h2-4,6-7,14,16-19H,5,8-13H2,1H3. The van der Waals surface area contributed by atoms with Crippen LogP contribution < -0.4 is 5.32 Å². The number of piperazine rings is 1. The quantitative estimate of drug-likeness (QED) is 0.899. The highest BCUT2D eigenvalue weighted by atomic mass is 15.3. The molecule has 3 heteroatoms. The molecule has 3 aliphatic rings. The predicted molar refractivity (Wildman–Crippen MR) is 86.4 cm³/mol. The number of hydrogen-bond donors (Lipinski definition) is 1. The summed E-state index contributed by atoms with van der Waals surface area (Å²) >= 11 is 0. The van der Waals surface area contributed by atoms with Gasteiger partial charge < -0.3 is 5.32 Å². The summed E-state index contributed by atoms with van der Waals surface area (Å²) in [6.07, 6.45) is 4.19. The van der Waals surface area contributed by atoms with Gasteiger partial charge in [-0.3, -0.25) is 9.80 Å². The van der Waals surface area contributed by atoms with Crippen LogP contribution in [-0.4, -0.2) is 54.1 Å². The fourth-order valence-corrected chi connectivity index (χ4v) is 4.70. The lowest BCUT2D eigenvalue weighted by atomic mass is 9.97. The summed E-state index contributed by atoms with van der Waals surface area (Å²) < 4.78 is 0. The molecule has 4 unspecified atom stereocenters. The molecule has 3 nitrogen and oxygen atoms in total. The highest BCUT2D eigenvalue weighted by Gasteiger charge is 2.43. The summed E-state index contributed by atoms with van der Waals surface area (Å²) in [5.74, 6) is 0. The number of nitrogens with zero attached hydrogens (tertiary/aromatic N) is 2. The zero-order valence-electron chi connectivity index (χ0n) is 13.0. The topological polar surface area (TPSA) is 18.5 Å². The monoisotopic (exact) mass is 285 g/mol. The zero-order chi connectivity index (χ0) is 14.2. The van der Waals surface area contributed by atoms with Crippen molar-refractivity contribution in [3.63, 3.8) is 0 Å². The molecule has 0 spiro atoms. The van der Waals surface area contributed by atoms with Crippen LogP contribution in [0.3, 0.4) is 0 Å². The molecule has 3 saturated heterocycles. The second-order valence-corrected chi connectivity index (χ2v) is 7.02. The van der Waals surface area contributed by atoms with E-state index in [9.17, 15) is 0 Å². The van der Waals surface area contributed by atoms with Gasteiger partial charge in [0, 0.05) is 43.8 Å². The number of rotatable bonds is 2. The highest BCUT2D eigenvalue weighted by molar-refractivity contribution is 5.20. The van der Waals surface area contributed by atoms with Crippen LogP contribution in [0.4, 0.5) is 0 Å². The van der Waals surface area contributed by atoms with Crippen molar-refractivity contribution in [2.24, 2.45) is 0 Å². The van der Waals surface area contributed by atoms with Crippen LogP contribution >= 0.6 is 0 Å². The number of hydrogen-bond acceptors (Lipinski definition) is 3. The lowest BCUT2D eigenvalue weighted by molar-refractivity contribution is 0.0745. The van der Waals surface area contributed by atoms with Gasteiger partial charge in [0.25, 0.3) is 0 Å². The molecule has 4 rings (SSSR count). The zero-order valence-corrected chi connectivity index (χ0v) is 13.0. The van der Waals surface area contributed by atoms with Crippen molar-refractivity contribution in [2.75, 3.05) is 26.2 Å². The SMILES string of the molecule is CC1CNC(c2ccccc2)CN1C1CCN2CCCC12. The first kappa shape index (κ1) is 13.7. The molecule has 4 atom stereocenters. The van der Waals surface area contributed by atoms with E-state index in [4.69, 9.17) is 0 Å². The van der Waals surface area contributed by atoms with E-state index in [0.717, 1.165) is 18.6 Å². The van der Waals surface area contributed by atoms with Crippen molar-refractivity contribution in [1.29, 1.82) is 0 Å². The molecule has 114 valence electrons. The molecule has 0 aliphatic carbocycles. The molecule has 3 heterocycles. The van der Waals surface area contributed by atoms with E-state index in [2.05, 4.69) is 52.4 Å². The van der Waals surface area contributed by atoms with Gasteiger partial charge in [-0.25, -0.2) is 0 Å². The molecule has 1 N–H and O–H groups in total. The number of benzene rings is 1. The molecule has 0 aromatic heterocycles. The summed E-state index contributed by atoms with van der Waals surface area (Å²) in [5, 5.41) is 3.74. The lowest BCUT2D eigenvalue weighted by Crippen LogP contribution is -2.57. The summed E-state index contributed by atoms with van der Waals surface area (Å²) in [5.41, 5.74) is 1.44. The van der Waals surface area contributed by atoms with E-state index in [1.165, 1.54) is 44.5 Å². The van der Waals surface area contributed by atoms with Gasteiger partial charge in [0.2, 0.25) is 0 Å². The van der Waals surface area contributed by atoms with Crippen LogP contribution in [0.2, 0.25) is 0 Å². The number of nitrogens with one attached hydrogen (secondary N) is 1. The van der Waals surface area contributed by atoms with Crippen molar-refractivity contribution < 1.29 is 0 Å². The average Bonchev–Trinajstić information content (AvgIpc) is 3.12. The first-order valence-corrected chi connectivity index (χ1v) is 8.61. The van der Waals surface area contributed by atoms with Crippen molar-refractivity contribution >= 4 is 0 Å². The Balaban J connectivity index is 1.51. The molecule has 21 heavy (non-hydrogen) atoms. The second-order valence-electron chi connectivity index (χ2n) is 7.02. The van der Waals surface area contributed by atoms with Crippen LogP contribution in [0.15, 0.2) is 30.3 Å². The Hall–Kier alpha value is -0.900. The van der Waals surface area contributed by atoms with E-state index < -0.39 is 0 Å². The molecular weight excluding hydrogens is 258 g/mol. The largest absolute Gasteiger partial charge is 0.307 e. The first-order valence-electron chi connectivity index (χ1n) is 8.61. The minimum absolute atomic E-state index is 0.498. The fraction of sp³-hybridized carbons (Fsp3) is 0.667. The van der Waals surface area contributed by atoms with Crippen LogP contribution in [0.1, 0.15) is 37.8 Å². The normalized spacial score (nSPS) is 37.8. The maximum Gasteiger partial charge on any atom is 0.0450 e. The van der Waals surface area contributed by atoms with Gasteiger partial charge in [-0.05, 0) is 38.3 Å². The van der Waals surface area contributed by atoms with Crippen LogP contribution in [-0.2, 0) is 0 Å². The maximum atomic E-state index is 3.74. The summed E-state index contributed by atoms with van der Waals surface area (Å²) in [4.78, 5) is 5.54. The van der Waals surface area contributed by atoms with Gasteiger partial charge in [0.15, 0.2) is 0 Å². The van der Waals surface area contributed by atoms with Gasteiger partial charge in [-0.15, -0.1) is 0 Å². The van der Waals surface area contributed by atoms with Gasteiger partial charge in [0.05, 0.1) is 0 Å². The van der Waals surface area contributed by atoms with Gasteiger partial charge in [0.1, 0.15) is 0 Å². The Kier molecular flexibility index (Phi) is 3.74. The Morgan fingerprint density at radius 1 is 1.05 bits per heavy atom. The Labute approximate surface area is 128 Å². The van der Waals surface area contributed by atoms with E-state index >= 15 is 0 Å². The van der Waals surface area contributed by atoms with Crippen molar-refractivity contribution in [1.82, 2.24) is 15.1 Å². The van der Waals surface area contributed by atoms with Gasteiger partial charge >= 0.3 is 0 Å². The molecule has 0 radical (unpaired) electrons. The second kappa shape index (κ2) is 5.71. The summed E-state index contributed by atoms with van der Waals surface area (Å²) in [6.45, 7) is 7.33. The third-order valence-corrected chi connectivity index (χ3v) is 5.82. The smallest absolute Gasteiger partial charge is 0.0450 e. The van der Waals surface area contributed by atoms with Gasteiger partial charge in [-0.1, -0.05) is 30.3 Å². The Morgan fingerprint density at radius 3 is 2.76 bits per heavy atom. The van der Waals surface area contributed by atoms with Crippen LogP contribution in [0, 0.1) is 0 Å². The number of fused-ring (bicyclic) bond motifs is 1. The van der Waals surface area contributed by atoms with Crippen LogP contribution in [0.25, 0.3) is 0 Å². The molecule has 0 saturated carbocycles. The molecule has 3 aliphatic heterocycles. The summed E-state index contributed by atoms with van der Waals surface area (Å²) in [6, 6.07) is 13.7. The Morgan fingerprint density at radius 2 is 1.90 bits per heavy atom. The summed E-state index contributed by atoms with van der Waals surface area (Å²) in [7, 11) is 0. The van der Waals surface area contributed by atoms with Crippen molar-refractivity contribution in [3.05, 3.63) is 35.9 Å². The fourth-order valence-electron chi connectivity index (χ4n) is 4.70. The Bertz CT molecular complexity index is 475. The van der Waals surface area contributed by atoms with E-state index in [-0.39, 0.29) is 0 Å². The lowest BCUT2D eigenvalue weighted by Gasteiger charge is -2.44. The molecular formula is C18H27N3. The van der Waals surface area contributed by atoms with E-state index in [0.29, 0.717) is 12.1 Å². The van der Waals surface area contributed by atoms with E-state index in [1.54, 1.807) is 0 Å². The average molecular weight is 285 g/mol. The molecule has 0 amide bonds. The third kappa shape index (κ3) is 2.52. The molecule has 1 aromatic carbocycles. The van der Waals surface area contributed by atoms with Crippen molar-refractivity contribution in [3.8, 4) is 0 Å². The third-order valence-electron chi connectivity index (χ3n) is 5.82. The predicted octanol–water partition coefficient (Wildman–Crippen LogP) is 2.26. The highest BCUT2D eigenvalue weighted by Crippen LogP contribution is 2.34. The van der Waals surface area contributed by atoms with Gasteiger partial charge in [-0.2, -0.15) is 0 Å². The van der Waals surface area contributed by atoms with Crippen LogP contribution in [0.5, 0.6) is 0 Å². The molecule has 3 fully saturated rings. The first-order chi connectivity index (χ1) is 10.3. The van der Waals surface area contributed by atoms with E-state index in [1.807, 2.05) is 0 Å². The molecule has 0 bridgehead atoms. The minimum atomic E-state index is 0.498. The molecule has 1 aromatic rings. The minimum Gasteiger partial charge on any atom is -0.307 e. The van der Waals surface area contributed by atoms with Crippen molar-refractivity contribution in [2.45, 2.75) is 50.4 Å². The maximum absolute atomic E-state index is 3.74.